The Balaban J connectivity index is 2.47. The van der Waals surface area contributed by atoms with Gasteiger partial charge < -0.3 is 9.47 Å². The summed E-state index contributed by atoms with van der Waals surface area (Å²) in [6.07, 6.45) is 7.29. The van der Waals surface area contributed by atoms with E-state index >= 15 is 0 Å². The predicted octanol–water partition coefficient (Wildman–Crippen LogP) is 4.39. The molecule has 0 fully saturated rings. The number of hydrogen-bond acceptors (Lipinski definition) is 3. The summed E-state index contributed by atoms with van der Waals surface area (Å²) in [6, 6.07) is 7.64. The number of rotatable bonds is 10. The van der Waals surface area contributed by atoms with Gasteiger partial charge in [-0.1, -0.05) is 44.7 Å². The van der Waals surface area contributed by atoms with Gasteiger partial charge in [0.25, 0.3) is 0 Å². The maximum Gasteiger partial charge on any atom is 0.338 e. The van der Waals surface area contributed by atoms with E-state index in [-0.39, 0.29) is 12.1 Å². The molecule has 0 spiro atoms. The summed E-state index contributed by atoms with van der Waals surface area (Å²) in [5.74, 6) is -0.257. The van der Waals surface area contributed by atoms with Crippen molar-refractivity contribution < 1.29 is 14.3 Å². The van der Waals surface area contributed by atoms with E-state index in [0.29, 0.717) is 12.2 Å². The highest BCUT2D eigenvalue weighted by Gasteiger charge is 2.10. The predicted molar refractivity (Wildman–Crippen MR) is 85.7 cm³/mol. The number of unbranched alkanes of at least 4 members (excludes halogenated alkanes) is 3. The van der Waals surface area contributed by atoms with Crippen LogP contribution in [0.25, 0.3) is 0 Å². The third kappa shape index (κ3) is 6.76. The van der Waals surface area contributed by atoms with Gasteiger partial charge in [0.1, 0.15) is 0 Å². The minimum Gasteiger partial charge on any atom is -0.462 e. The van der Waals surface area contributed by atoms with Gasteiger partial charge in [-0.25, -0.2) is 4.79 Å². The van der Waals surface area contributed by atoms with E-state index < -0.39 is 0 Å². The molecular formula is C18H28O3. The molecule has 0 aliphatic carbocycles. The molecule has 1 aromatic carbocycles. The number of methoxy groups -OCH3 is 1. The van der Waals surface area contributed by atoms with E-state index in [4.69, 9.17) is 9.47 Å². The van der Waals surface area contributed by atoms with Crippen LogP contribution in [0.4, 0.5) is 0 Å². The summed E-state index contributed by atoms with van der Waals surface area (Å²) in [6.45, 7) is 4.44. The second kappa shape index (κ2) is 10.4. The van der Waals surface area contributed by atoms with Crippen LogP contribution in [0, 0.1) is 0 Å². The Bertz CT molecular complexity index is 397. The Kier molecular flexibility index (Phi) is 8.76. The molecule has 1 aromatic rings. The van der Waals surface area contributed by atoms with Gasteiger partial charge >= 0.3 is 5.97 Å². The van der Waals surface area contributed by atoms with E-state index in [1.807, 2.05) is 31.2 Å². The van der Waals surface area contributed by atoms with Crippen LogP contribution in [0.5, 0.6) is 0 Å². The van der Waals surface area contributed by atoms with Crippen molar-refractivity contribution in [2.24, 2.45) is 0 Å². The molecule has 3 heteroatoms. The normalized spacial score (nSPS) is 12.1. The maximum atomic E-state index is 11.6. The molecule has 0 bridgehead atoms. The first-order valence-corrected chi connectivity index (χ1v) is 8.00. The van der Waals surface area contributed by atoms with Crippen LogP contribution in [0.15, 0.2) is 24.3 Å². The Morgan fingerprint density at radius 2 is 1.81 bits per heavy atom. The molecular weight excluding hydrogens is 264 g/mol. The highest BCUT2D eigenvalue weighted by molar-refractivity contribution is 5.89. The summed E-state index contributed by atoms with van der Waals surface area (Å²) < 4.78 is 10.5. The highest BCUT2D eigenvalue weighted by Crippen LogP contribution is 2.14. The Hall–Kier alpha value is -1.35. The molecule has 1 rings (SSSR count). The largest absolute Gasteiger partial charge is 0.462 e. The van der Waals surface area contributed by atoms with Gasteiger partial charge in [0, 0.05) is 7.11 Å². The fraction of sp³-hybridized carbons (Fsp3) is 0.611. The number of carbonyl (C=O) groups is 1. The summed E-state index contributed by atoms with van der Waals surface area (Å²) >= 11 is 0. The highest BCUT2D eigenvalue weighted by atomic mass is 16.5. The average molecular weight is 292 g/mol. The Labute approximate surface area is 128 Å². The van der Waals surface area contributed by atoms with E-state index in [1.165, 1.54) is 31.2 Å². The van der Waals surface area contributed by atoms with Crippen molar-refractivity contribution in [2.45, 2.75) is 58.5 Å². The quantitative estimate of drug-likeness (QED) is 0.474. The van der Waals surface area contributed by atoms with Crippen LogP contribution in [-0.4, -0.2) is 25.8 Å². The molecule has 0 saturated heterocycles. The van der Waals surface area contributed by atoms with Crippen molar-refractivity contribution in [3.05, 3.63) is 35.4 Å². The molecule has 0 amide bonds. The summed E-state index contributed by atoms with van der Waals surface area (Å²) in [5, 5.41) is 0. The first kappa shape index (κ1) is 17.7. The summed E-state index contributed by atoms with van der Waals surface area (Å²) in [4.78, 5) is 11.6. The zero-order valence-electron chi connectivity index (χ0n) is 13.6. The van der Waals surface area contributed by atoms with Gasteiger partial charge in [0.15, 0.2) is 0 Å². The summed E-state index contributed by atoms with van der Waals surface area (Å²) in [5.41, 5.74) is 1.81. The van der Waals surface area contributed by atoms with Crippen molar-refractivity contribution in [1.82, 2.24) is 0 Å². The van der Waals surface area contributed by atoms with Crippen molar-refractivity contribution >= 4 is 5.97 Å². The van der Waals surface area contributed by atoms with Gasteiger partial charge in [0.05, 0.1) is 18.3 Å². The molecule has 0 radical (unpaired) electrons. The molecule has 3 nitrogen and oxygen atoms in total. The van der Waals surface area contributed by atoms with Gasteiger partial charge in [-0.05, 0) is 37.5 Å². The summed E-state index contributed by atoms with van der Waals surface area (Å²) in [7, 11) is 1.78. The molecule has 0 N–H and O–H groups in total. The van der Waals surface area contributed by atoms with E-state index in [1.54, 1.807) is 7.11 Å². The van der Waals surface area contributed by atoms with Crippen LogP contribution < -0.4 is 0 Å². The first-order valence-electron chi connectivity index (χ1n) is 8.00. The molecule has 0 heterocycles. The lowest BCUT2D eigenvalue weighted by molar-refractivity contribution is 0.0526. The van der Waals surface area contributed by atoms with Crippen LogP contribution in [0.1, 0.15) is 61.9 Å². The molecule has 1 unspecified atom stereocenters. The Morgan fingerprint density at radius 1 is 1.10 bits per heavy atom. The monoisotopic (exact) mass is 292 g/mol. The van der Waals surface area contributed by atoms with E-state index in [0.717, 1.165) is 12.8 Å². The topological polar surface area (TPSA) is 35.5 Å². The third-order valence-corrected chi connectivity index (χ3v) is 3.64. The molecule has 0 aliphatic rings. The van der Waals surface area contributed by atoms with Crippen LogP contribution in [0.2, 0.25) is 0 Å². The zero-order valence-corrected chi connectivity index (χ0v) is 13.6. The second-order valence-corrected chi connectivity index (χ2v) is 5.33. The van der Waals surface area contributed by atoms with Gasteiger partial charge in [-0.2, -0.15) is 0 Å². The molecule has 0 saturated carbocycles. The van der Waals surface area contributed by atoms with Crippen molar-refractivity contribution in [2.75, 3.05) is 13.7 Å². The smallest absolute Gasteiger partial charge is 0.338 e. The van der Waals surface area contributed by atoms with Crippen molar-refractivity contribution in [3.8, 4) is 0 Å². The van der Waals surface area contributed by atoms with Crippen LogP contribution >= 0.6 is 0 Å². The van der Waals surface area contributed by atoms with Crippen LogP contribution in [-0.2, 0) is 15.9 Å². The minimum atomic E-state index is -0.257. The van der Waals surface area contributed by atoms with E-state index in [9.17, 15) is 4.79 Å². The molecule has 118 valence electrons. The van der Waals surface area contributed by atoms with E-state index in [2.05, 4.69) is 6.92 Å². The third-order valence-electron chi connectivity index (χ3n) is 3.64. The maximum absolute atomic E-state index is 11.6. The van der Waals surface area contributed by atoms with Gasteiger partial charge in [-0.15, -0.1) is 0 Å². The molecule has 0 aliphatic heterocycles. The molecule has 21 heavy (non-hydrogen) atoms. The lowest BCUT2D eigenvalue weighted by Crippen LogP contribution is -2.14. The minimum absolute atomic E-state index is 0.257. The fourth-order valence-electron chi connectivity index (χ4n) is 2.36. The molecule has 1 atom stereocenters. The molecule has 0 aromatic heterocycles. The fourth-order valence-corrected chi connectivity index (χ4v) is 2.36. The second-order valence-electron chi connectivity index (χ2n) is 5.33. The number of benzene rings is 1. The number of esters is 1. The lowest BCUT2D eigenvalue weighted by atomic mass is 10.0. The van der Waals surface area contributed by atoms with Gasteiger partial charge in [-0.3, -0.25) is 0 Å². The zero-order chi connectivity index (χ0) is 15.5. The Morgan fingerprint density at radius 3 is 2.38 bits per heavy atom. The standard InChI is InChI=1S/C18H28O3/c1-4-6-7-8-9-17(20-3)14-15-10-12-16(13-11-15)18(19)21-5-2/h10-13,17H,4-9,14H2,1-3H3. The van der Waals surface area contributed by atoms with Crippen LogP contribution in [0.3, 0.4) is 0 Å². The van der Waals surface area contributed by atoms with Gasteiger partial charge in [0.2, 0.25) is 0 Å². The SMILES string of the molecule is CCCCCCC(Cc1ccc(C(=O)OCC)cc1)OC. The average Bonchev–Trinajstić information content (AvgIpc) is 2.51. The van der Waals surface area contributed by atoms with Crippen molar-refractivity contribution in [3.63, 3.8) is 0 Å². The number of hydrogen-bond donors (Lipinski definition) is 0. The number of carbonyl (C=O) groups excluding carboxylic acids is 1. The number of ether oxygens (including phenoxy) is 2. The first-order chi connectivity index (χ1) is 10.2. The lowest BCUT2D eigenvalue weighted by Gasteiger charge is -2.15. The van der Waals surface area contributed by atoms with Crippen molar-refractivity contribution in [1.29, 1.82) is 0 Å².